The Morgan fingerprint density at radius 3 is 2.79 bits per heavy atom. The van der Waals surface area contributed by atoms with E-state index in [4.69, 9.17) is 4.74 Å². The number of amides is 2. The Morgan fingerprint density at radius 1 is 1.33 bits per heavy atom. The van der Waals surface area contributed by atoms with Gasteiger partial charge in [-0.2, -0.15) is 0 Å². The molecular weight excluding hydrogens is 306 g/mol. The summed E-state index contributed by atoms with van der Waals surface area (Å²) in [6.45, 7) is 0.622. The summed E-state index contributed by atoms with van der Waals surface area (Å²) in [6.07, 6.45) is 2.53. The van der Waals surface area contributed by atoms with Gasteiger partial charge >= 0.3 is 6.03 Å². The highest BCUT2D eigenvalue weighted by Gasteiger charge is 2.34. The number of nitrogens with one attached hydrogen (secondary N) is 1. The van der Waals surface area contributed by atoms with Crippen molar-refractivity contribution in [3.8, 4) is 5.75 Å². The average molecular weight is 327 g/mol. The van der Waals surface area contributed by atoms with Crippen LogP contribution in [0.15, 0.2) is 48.7 Å². The highest BCUT2D eigenvalue weighted by atomic mass is 16.5. The molecule has 1 saturated heterocycles. The molecular formula is C18H21N3O3. The van der Waals surface area contributed by atoms with E-state index >= 15 is 0 Å². The van der Waals surface area contributed by atoms with Crippen LogP contribution in [0.3, 0.4) is 0 Å². The van der Waals surface area contributed by atoms with Crippen molar-refractivity contribution in [3.05, 3.63) is 54.2 Å². The minimum absolute atomic E-state index is 0.233. The van der Waals surface area contributed by atoms with E-state index in [1.54, 1.807) is 30.3 Å². The standard InChI is InChI=1S/C18H21N3O3/c1-24-14-9-7-13(8-10-14)17(22)15-5-4-12-21(15)18(23)20-16-6-2-3-11-19-16/h2-3,6-11,15,17,22H,4-5,12H2,1H3,(H,19,20,23)/t15-,17-/m1/s1. The van der Waals surface area contributed by atoms with Gasteiger partial charge in [0, 0.05) is 12.7 Å². The van der Waals surface area contributed by atoms with Crippen LogP contribution < -0.4 is 10.1 Å². The molecule has 0 bridgehead atoms. The first-order chi connectivity index (χ1) is 11.7. The number of carbonyl (C=O) groups excluding carboxylic acids is 1. The summed E-state index contributed by atoms with van der Waals surface area (Å²) in [4.78, 5) is 18.3. The Labute approximate surface area is 141 Å². The molecule has 0 spiro atoms. The monoisotopic (exact) mass is 327 g/mol. The molecule has 1 fully saturated rings. The van der Waals surface area contributed by atoms with E-state index in [0.29, 0.717) is 12.4 Å². The van der Waals surface area contributed by atoms with Crippen molar-refractivity contribution in [1.82, 2.24) is 9.88 Å². The fraction of sp³-hybridized carbons (Fsp3) is 0.333. The van der Waals surface area contributed by atoms with Crippen LogP contribution in [0.1, 0.15) is 24.5 Å². The zero-order chi connectivity index (χ0) is 16.9. The molecule has 24 heavy (non-hydrogen) atoms. The van der Waals surface area contributed by atoms with Crippen molar-refractivity contribution in [2.75, 3.05) is 19.0 Å². The number of anilines is 1. The van der Waals surface area contributed by atoms with E-state index in [0.717, 1.165) is 24.2 Å². The molecule has 2 heterocycles. The third-order valence-electron chi connectivity index (χ3n) is 4.28. The molecule has 6 heteroatoms. The maximum Gasteiger partial charge on any atom is 0.323 e. The van der Waals surface area contributed by atoms with Gasteiger partial charge in [0.25, 0.3) is 0 Å². The number of nitrogens with zero attached hydrogens (tertiary/aromatic N) is 2. The van der Waals surface area contributed by atoms with Crippen LogP contribution in [0.2, 0.25) is 0 Å². The molecule has 126 valence electrons. The fourth-order valence-corrected chi connectivity index (χ4v) is 3.01. The van der Waals surface area contributed by atoms with E-state index in [1.165, 1.54) is 0 Å². The SMILES string of the molecule is COc1ccc([C@@H](O)[C@H]2CCCN2C(=O)Nc2ccccn2)cc1. The van der Waals surface area contributed by atoms with Crippen LogP contribution in [0.25, 0.3) is 0 Å². The lowest BCUT2D eigenvalue weighted by Gasteiger charge is -2.29. The molecule has 6 nitrogen and oxygen atoms in total. The number of methoxy groups -OCH3 is 1. The van der Waals surface area contributed by atoms with E-state index in [2.05, 4.69) is 10.3 Å². The minimum Gasteiger partial charge on any atom is -0.497 e. The summed E-state index contributed by atoms with van der Waals surface area (Å²) in [7, 11) is 1.60. The predicted molar refractivity (Wildman–Crippen MR) is 90.9 cm³/mol. The van der Waals surface area contributed by atoms with Gasteiger partial charge < -0.3 is 14.7 Å². The highest BCUT2D eigenvalue weighted by Crippen LogP contribution is 2.30. The summed E-state index contributed by atoms with van der Waals surface area (Å²) >= 11 is 0. The average Bonchev–Trinajstić information content (AvgIpc) is 3.12. The first-order valence-corrected chi connectivity index (χ1v) is 7.99. The van der Waals surface area contributed by atoms with Crippen LogP contribution in [-0.4, -0.2) is 40.7 Å². The predicted octanol–water partition coefficient (Wildman–Crippen LogP) is 2.82. The normalized spacial score (nSPS) is 18.2. The van der Waals surface area contributed by atoms with Gasteiger partial charge in [-0.15, -0.1) is 0 Å². The lowest BCUT2D eigenvalue weighted by Crippen LogP contribution is -2.41. The Kier molecular flexibility index (Phi) is 4.96. The van der Waals surface area contributed by atoms with Crippen LogP contribution in [0, 0.1) is 0 Å². The summed E-state index contributed by atoms with van der Waals surface area (Å²) in [5.41, 5.74) is 0.776. The lowest BCUT2D eigenvalue weighted by molar-refractivity contribution is 0.0891. The van der Waals surface area contributed by atoms with E-state index in [9.17, 15) is 9.90 Å². The molecule has 2 N–H and O–H groups in total. The van der Waals surface area contributed by atoms with Crippen LogP contribution in [0.5, 0.6) is 5.75 Å². The zero-order valence-electron chi connectivity index (χ0n) is 13.6. The van der Waals surface area contributed by atoms with Gasteiger partial charge in [0.05, 0.1) is 19.3 Å². The molecule has 0 aliphatic carbocycles. The van der Waals surface area contributed by atoms with Gasteiger partial charge in [0.1, 0.15) is 11.6 Å². The van der Waals surface area contributed by atoms with Crippen molar-refractivity contribution in [2.24, 2.45) is 0 Å². The van der Waals surface area contributed by atoms with E-state index in [-0.39, 0.29) is 12.1 Å². The van der Waals surface area contributed by atoms with Crippen LogP contribution in [-0.2, 0) is 0 Å². The van der Waals surface area contributed by atoms with Gasteiger partial charge in [-0.05, 0) is 42.7 Å². The summed E-state index contributed by atoms with van der Waals surface area (Å²) in [5.74, 6) is 1.24. The molecule has 1 aliphatic rings. The third kappa shape index (κ3) is 3.49. The van der Waals surface area contributed by atoms with Crippen LogP contribution in [0.4, 0.5) is 10.6 Å². The molecule has 3 rings (SSSR count). The molecule has 1 aromatic carbocycles. The zero-order valence-corrected chi connectivity index (χ0v) is 13.6. The van der Waals surface area contributed by atoms with Gasteiger partial charge in [-0.3, -0.25) is 5.32 Å². The second kappa shape index (κ2) is 7.31. The number of rotatable bonds is 4. The number of aliphatic hydroxyl groups is 1. The molecule has 0 unspecified atom stereocenters. The summed E-state index contributed by atoms with van der Waals surface area (Å²) in [6, 6.07) is 12.2. The maximum atomic E-state index is 12.5. The van der Waals surface area contributed by atoms with Crippen molar-refractivity contribution in [2.45, 2.75) is 25.0 Å². The van der Waals surface area contributed by atoms with E-state index in [1.807, 2.05) is 30.3 Å². The molecule has 2 atom stereocenters. The van der Waals surface area contributed by atoms with Crippen molar-refractivity contribution < 1.29 is 14.6 Å². The largest absolute Gasteiger partial charge is 0.497 e. The van der Waals surface area contributed by atoms with E-state index < -0.39 is 6.10 Å². The highest BCUT2D eigenvalue weighted by molar-refractivity contribution is 5.88. The Bertz CT molecular complexity index is 676. The molecule has 2 amide bonds. The second-order valence-electron chi connectivity index (χ2n) is 5.77. The molecule has 1 aliphatic heterocycles. The van der Waals surface area contributed by atoms with Gasteiger partial charge in [-0.1, -0.05) is 18.2 Å². The fourth-order valence-electron chi connectivity index (χ4n) is 3.01. The number of ether oxygens (including phenoxy) is 1. The second-order valence-corrected chi connectivity index (χ2v) is 5.77. The Balaban J connectivity index is 1.70. The van der Waals surface area contributed by atoms with Gasteiger partial charge in [-0.25, -0.2) is 9.78 Å². The Morgan fingerprint density at radius 2 is 2.12 bits per heavy atom. The first-order valence-electron chi connectivity index (χ1n) is 7.99. The number of likely N-dealkylation sites (tertiary alicyclic amines) is 1. The third-order valence-corrected chi connectivity index (χ3v) is 4.28. The maximum absolute atomic E-state index is 12.5. The molecule has 0 saturated carbocycles. The quantitative estimate of drug-likeness (QED) is 0.905. The number of urea groups is 1. The van der Waals surface area contributed by atoms with Gasteiger partial charge in [0.15, 0.2) is 0 Å². The number of pyridine rings is 1. The van der Waals surface area contributed by atoms with Crippen molar-refractivity contribution >= 4 is 11.8 Å². The summed E-state index contributed by atoms with van der Waals surface area (Å²) in [5, 5.41) is 13.5. The number of aromatic nitrogens is 1. The van der Waals surface area contributed by atoms with Gasteiger partial charge in [0.2, 0.25) is 0 Å². The lowest BCUT2D eigenvalue weighted by atomic mass is 10.0. The summed E-state index contributed by atoms with van der Waals surface area (Å²) < 4.78 is 5.14. The van der Waals surface area contributed by atoms with Crippen molar-refractivity contribution in [1.29, 1.82) is 0 Å². The number of carbonyl (C=O) groups is 1. The Hall–Kier alpha value is -2.60. The number of hydrogen-bond donors (Lipinski definition) is 2. The minimum atomic E-state index is -0.729. The van der Waals surface area contributed by atoms with Crippen molar-refractivity contribution in [3.63, 3.8) is 0 Å². The number of benzene rings is 1. The number of aliphatic hydroxyl groups excluding tert-OH is 1. The first kappa shape index (κ1) is 16.3. The number of hydrogen-bond acceptors (Lipinski definition) is 4. The molecule has 1 aromatic heterocycles. The van der Waals surface area contributed by atoms with Crippen LogP contribution >= 0.6 is 0 Å². The molecule has 2 aromatic rings. The smallest absolute Gasteiger partial charge is 0.323 e. The topological polar surface area (TPSA) is 74.7 Å². The molecule has 0 radical (unpaired) electrons.